The number of hydrogen-bond acceptors (Lipinski definition) is 5. The molecule has 7 nitrogen and oxygen atoms in total. The Morgan fingerprint density at radius 2 is 1.97 bits per heavy atom. The summed E-state index contributed by atoms with van der Waals surface area (Å²) in [7, 11) is 1.81. The quantitative estimate of drug-likeness (QED) is 0.656. The van der Waals surface area contributed by atoms with Gasteiger partial charge in [0.2, 0.25) is 11.8 Å². The number of ketones is 1. The topological polar surface area (TPSA) is 91.4 Å². The van der Waals surface area contributed by atoms with Gasteiger partial charge in [-0.3, -0.25) is 19.4 Å². The van der Waals surface area contributed by atoms with E-state index in [0.717, 1.165) is 24.1 Å². The smallest absolute Gasteiger partial charge is 0.238 e. The van der Waals surface area contributed by atoms with Crippen molar-refractivity contribution in [2.75, 3.05) is 32.0 Å². The minimum absolute atomic E-state index is 0.107. The number of nitrogens with zero attached hydrogens (tertiary/aromatic N) is 2. The maximum absolute atomic E-state index is 12.5. The van der Waals surface area contributed by atoms with Crippen molar-refractivity contribution < 1.29 is 14.4 Å². The first kappa shape index (κ1) is 21.6. The Balaban J connectivity index is 1.64. The average molecular weight is 409 g/mol. The molecule has 1 aliphatic heterocycles. The van der Waals surface area contributed by atoms with Crippen LogP contribution >= 0.6 is 0 Å². The summed E-state index contributed by atoms with van der Waals surface area (Å²) >= 11 is 0. The van der Waals surface area contributed by atoms with Gasteiger partial charge in [-0.15, -0.1) is 0 Å². The highest BCUT2D eigenvalue weighted by atomic mass is 16.2. The van der Waals surface area contributed by atoms with E-state index in [-0.39, 0.29) is 35.8 Å². The van der Waals surface area contributed by atoms with Gasteiger partial charge < -0.3 is 15.5 Å². The first-order valence-electron chi connectivity index (χ1n) is 10.3. The van der Waals surface area contributed by atoms with Gasteiger partial charge in [0.15, 0.2) is 5.78 Å². The molecule has 1 unspecified atom stereocenters. The van der Waals surface area contributed by atoms with Crippen molar-refractivity contribution in [2.45, 2.75) is 26.2 Å². The lowest BCUT2D eigenvalue weighted by Gasteiger charge is -2.28. The first-order chi connectivity index (χ1) is 14.5. The fraction of sp³-hybridized carbons (Fsp3) is 0.391. The normalized spacial score (nSPS) is 16.4. The van der Waals surface area contributed by atoms with Crippen LogP contribution in [0.15, 0.2) is 42.6 Å². The molecule has 2 N–H and O–H groups in total. The van der Waals surface area contributed by atoms with Crippen LogP contribution in [0.5, 0.6) is 0 Å². The molecular formula is C23H28N4O3. The molecule has 1 saturated heterocycles. The molecule has 2 heterocycles. The summed E-state index contributed by atoms with van der Waals surface area (Å²) in [5.74, 6) is 0.0138. The van der Waals surface area contributed by atoms with Crippen LogP contribution in [0.2, 0.25) is 0 Å². The summed E-state index contributed by atoms with van der Waals surface area (Å²) in [5, 5.41) is 5.96. The van der Waals surface area contributed by atoms with Crippen molar-refractivity contribution in [3.05, 3.63) is 48.3 Å². The van der Waals surface area contributed by atoms with Crippen molar-refractivity contribution in [1.29, 1.82) is 0 Å². The standard InChI is InChI=1S/C23H28N4O3/c1-3-20(28)23-19(12-18(14-25-23)17-7-5-4-6-8-17)26-21(29)15-24-13-16-9-10-27(2)22(30)11-16/h4-8,12,14,16,24H,3,9-11,13,15H2,1-2H3,(H,26,29). The van der Waals surface area contributed by atoms with E-state index in [4.69, 9.17) is 0 Å². The maximum atomic E-state index is 12.5. The molecule has 1 fully saturated rings. The molecule has 1 aromatic carbocycles. The van der Waals surface area contributed by atoms with E-state index in [1.165, 1.54) is 0 Å². The molecule has 2 amide bonds. The van der Waals surface area contributed by atoms with Gasteiger partial charge in [-0.05, 0) is 30.5 Å². The number of amides is 2. The highest BCUT2D eigenvalue weighted by Gasteiger charge is 2.23. The van der Waals surface area contributed by atoms with Gasteiger partial charge in [0, 0.05) is 38.2 Å². The Hall–Kier alpha value is -3.06. The molecule has 7 heteroatoms. The van der Waals surface area contributed by atoms with Crippen LogP contribution in [0, 0.1) is 5.92 Å². The van der Waals surface area contributed by atoms with E-state index < -0.39 is 0 Å². The van der Waals surface area contributed by atoms with E-state index in [1.54, 1.807) is 24.1 Å². The lowest BCUT2D eigenvalue weighted by molar-refractivity contribution is -0.133. The SMILES string of the molecule is CCC(=O)c1ncc(-c2ccccc2)cc1NC(=O)CNCC1CCN(C)C(=O)C1. The van der Waals surface area contributed by atoms with Crippen molar-refractivity contribution in [1.82, 2.24) is 15.2 Å². The largest absolute Gasteiger partial charge is 0.346 e. The number of piperidine rings is 1. The van der Waals surface area contributed by atoms with Gasteiger partial charge in [-0.1, -0.05) is 37.3 Å². The van der Waals surface area contributed by atoms with Crippen LogP contribution < -0.4 is 10.6 Å². The van der Waals surface area contributed by atoms with Gasteiger partial charge >= 0.3 is 0 Å². The molecule has 0 radical (unpaired) electrons. The number of carbonyl (C=O) groups is 3. The fourth-order valence-electron chi connectivity index (χ4n) is 3.50. The highest BCUT2D eigenvalue weighted by Crippen LogP contribution is 2.24. The summed E-state index contributed by atoms with van der Waals surface area (Å²) in [6, 6.07) is 11.5. The summed E-state index contributed by atoms with van der Waals surface area (Å²) in [5.41, 5.74) is 2.48. The highest BCUT2D eigenvalue weighted by molar-refractivity contribution is 6.04. The number of Topliss-reactive ketones (excluding diaryl/α,β-unsaturated/α-hetero) is 1. The van der Waals surface area contributed by atoms with E-state index in [0.29, 0.717) is 25.1 Å². The van der Waals surface area contributed by atoms with Crippen LogP contribution in [0.25, 0.3) is 11.1 Å². The summed E-state index contributed by atoms with van der Waals surface area (Å²) in [6.07, 6.45) is 3.39. The number of nitrogens with one attached hydrogen (secondary N) is 2. The molecule has 1 atom stereocenters. The monoisotopic (exact) mass is 408 g/mol. The molecule has 1 aliphatic rings. The van der Waals surface area contributed by atoms with Gasteiger partial charge in [0.1, 0.15) is 5.69 Å². The molecular weight excluding hydrogens is 380 g/mol. The molecule has 2 aromatic rings. The second-order valence-electron chi connectivity index (χ2n) is 7.62. The zero-order chi connectivity index (χ0) is 21.5. The van der Waals surface area contributed by atoms with E-state index >= 15 is 0 Å². The third-order valence-corrected chi connectivity index (χ3v) is 5.33. The third kappa shape index (κ3) is 5.51. The van der Waals surface area contributed by atoms with Crippen molar-refractivity contribution >= 4 is 23.3 Å². The number of hydrogen-bond donors (Lipinski definition) is 2. The molecule has 158 valence electrons. The molecule has 3 rings (SSSR count). The molecule has 30 heavy (non-hydrogen) atoms. The summed E-state index contributed by atoms with van der Waals surface area (Å²) in [4.78, 5) is 42.6. The van der Waals surface area contributed by atoms with Gasteiger partial charge in [0.25, 0.3) is 0 Å². The lowest BCUT2D eigenvalue weighted by atomic mass is 9.96. The Morgan fingerprint density at radius 3 is 2.67 bits per heavy atom. The van der Waals surface area contributed by atoms with E-state index in [2.05, 4.69) is 15.6 Å². The van der Waals surface area contributed by atoms with Crippen LogP contribution in [-0.2, 0) is 9.59 Å². The molecule has 1 aromatic heterocycles. The van der Waals surface area contributed by atoms with Gasteiger partial charge in [-0.25, -0.2) is 0 Å². The lowest BCUT2D eigenvalue weighted by Crippen LogP contribution is -2.40. The van der Waals surface area contributed by atoms with Gasteiger partial charge in [0.05, 0.1) is 12.2 Å². The van der Waals surface area contributed by atoms with E-state index in [9.17, 15) is 14.4 Å². The van der Waals surface area contributed by atoms with Crippen LogP contribution in [0.3, 0.4) is 0 Å². The predicted octanol–water partition coefficient (Wildman–Crippen LogP) is 2.74. The third-order valence-electron chi connectivity index (χ3n) is 5.33. The fourth-order valence-corrected chi connectivity index (χ4v) is 3.50. The second-order valence-corrected chi connectivity index (χ2v) is 7.62. The molecule has 0 saturated carbocycles. The predicted molar refractivity (Wildman–Crippen MR) is 116 cm³/mol. The Kier molecular flexibility index (Phi) is 7.30. The number of aromatic nitrogens is 1. The minimum Gasteiger partial charge on any atom is -0.346 e. The zero-order valence-electron chi connectivity index (χ0n) is 17.5. The Bertz CT molecular complexity index is 914. The summed E-state index contributed by atoms with van der Waals surface area (Å²) in [6.45, 7) is 3.23. The van der Waals surface area contributed by atoms with Crippen molar-refractivity contribution in [3.63, 3.8) is 0 Å². The number of likely N-dealkylation sites (tertiary alicyclic amines) is 1. The van der Waals surface area contributed by atoms with Gasteiger partial charge in [-0.2, -0.15) is 0 Å². The Morgan fingerprint density at radius 1 is 1.20 bits per heavy atom. The first-order valence-corrected chi connectivity index (χ1v) is 10.3. The number of anilines is 1. The number of benzene rings is 1. The number of rotatable bonds is 8. The minimum atomic E-state index is -0.244. The van der Waals surface area contributed by atoms with E-state index in [1.807, 2.05) is 37.4 Å². The number of pyridine rings is 1. The van der Waals surface area contributed by atoms with Crippen molar-refractivity contribution in [2.24, 2.45) is 5.92 Å². The molecule has 0 bridgehead atoms. The average Bonchev–Trinajstić information content (AvgIpc) is 2.76. The Labute approximate surface area is 176 Å². The van der Waals surface area contributed by atoms with Crippen molar-refractivity contribution in [3.8, 4) is 11.1 Å². The molecule has 0 aliphatic carbocycles. The summed E-state index contributed by atoms with van der Waals surface area (Å²) < 4.78 is 0. The molecule has 0 spiro atoms. The number of carbonyl (C=O) groups excluding carboxylic acids is 3. The van der Waals surface area contributed by atoms with Crippen LogP contribution in [-0.4, -0.2) is 54.2 Å². The second kappa shape index (κ2) is 10.1. The zero-order valence-corrected chi connectivity index (χ0v) is 17.5. The van der Waals surface area contributed by atoms with Crippen LogP contribution in [0.1, 0.15) is 36.7 Å². The van der Waals surface area contributed by atoms with Crippen LogP contribution in [0.4, 0.5) is 5.69 Å². The maximum Gasteiger partial charge on any atom is 0.238 e.